The largest absolute Gasteiger partial charge is 0.378 e. The van der Waals surface area contributed by atoms with Gasteiger partial charge in [-0.1, -0.05) is 12.1 Å². The Balaban J connectivity index is 1.88. The van der Waals surface area contributed by atoms with Gasteiger partial charge in [-0.25, -0.2) is 9.97 Å². The second-order valence-corrected chi connectivity index (χ2v) is 6.59. The number of nitrogens with zero attached hydrogens (tertiary/aromatic N) is 5. The minimum atomic E-state index is 0.725. The molecule has 1 aliphatic heterocycles. The monoisotopic (exact) mass is 341 g/mol. The number of ether oxygens (including phenoxy) is 1. The first-order valence-electron chi connectivity index (χ1n) is 7.93. The van der Waals surface area contributed by atoms with Crippen molar-refractivity contribution in [3.05, 3.63) is 30.5 Å². The number of hydrogen-bond acceptors (Lipinski definition) is 6. The number of fused-ring (bicyclic) bond motifs is 1. The van der Waals surface area contributed by atoms with E-state index >= 15 is 0 Å². The molecular formula is C17H19N5OS. The summed E-state index contributed by atoms with van der Waals surface area (Å²) in [5.74, 6) is 1.68. The Labute approximate surface area is 144 Å². The Morgan fingerprint density at radius 1 is 1.17 bits per heavy atom. The molecule has 0 saturated carbocycles. The first kappa shape index (κ1) is 15.4. The molecule has 4 rings (SSSR count). The lowest BCUT2D eigenvalue weighted by atomic mass is 10.2. The van der Waals surface area contributed by atoms with Crippen LogP contribution in [0.25, 0.3) is 22.4 Å². The lowest BCUT2D eigenvalue weighted by Crippen LogP contribution is -2.37. The lowest BCUT2D eigenvalue weighted by molar-refractivity contribution is 0.122. The predicted octanol–water partition coefficient (Wildman–Crippen LogP) is 2.59. The molecule has 1 fully saturated rings. The Morgan fingerprint density at radius 3 is 2.79 bits per heavy atom. The van der Waals surface area contributed by atoms with Gasteiger partial charge in [0.25, 0.3) is 0 Å². The number of rotatable bonds is 3. The van der Waals surface area contributed by atoms with E-state index in [2.05, 4.69) is 34.5 Å². The van der Waals surface area contributed by atoms with Crippen LogP contribution in [0.2, 0.25) is 0 Å². The number of aryl methyl sites for hydroxylation is 1. The molecule has 6 nitrogen and oxygen atoms in total. The minimum Gasteiger partial charge on any atom is -0.378 e. The zero-order valence-corrected chi connectivity index (χ0v) is 14.6. The maximum atomic E-state index is 5.47. The van der Waals surface area contributed by atoms with Gasteiger partial charge in [-0.15, -0.1) is 11.8 Å². The molecule has 0 atom stereocenters. The molecule has 24 heavy (non-hydrogen) atoms. The Hall–Kier alpha value is -2.12. The highest BCUT2D eigenvalue weighted by atomic mass is 32.2. The van der Waals surface area contributed by atoms with E-state index in [-0.39, 0.29) is 0 Å². The first-order chi connectivity index (χ1) is 11.8. The van der Waals surface area contributed by atoms with E-state index in [0.29, 0.717) is 0 Å². The van der Waals surface area contributed by atoms with Crippen LogP contribution in [-0.4, -0.2) is 52.3 Å². The molecule has 7 heteroatoms. The minimum absolute atomic E-state index is 0.725. The van der Waals surface area contributed by atoms with Crippen molar-refractivity contribution in [2.24, 2.45) is 7.05 Å². The van der Waals surface area contributed by atoms with Gasteiger partial charge in [-0.3, -0.25) is 4.68 Å². The molecule has 3 aromatic rings. The third-order valence-corrected chi connectivity index (χ3v) is 4.94. The van der Waals surface area contributed by atoms with Gasteiger partial charge in [0.2, 0.25) is 0 Å². The first-order valence-corrected chi connectivity index (χ1v) is 9.15. The highest BCUT2D eigenvalue weighted by molar-refractivity contribution is 7.98. The standard InChI is InChI=1S/C17H19N5OS/c1-21-16-14(11-18-21)17(22-6-8-23-9-7-22)20-15(19-16)12-4-3-5-13(10-12)24-2/h3-5,10-11H,6-9H2,1-2H3. The van der Waals surface area contributed by atoms with Gasteiger partial charge in [0, 0.05) is 30.6 Å². The fourth-order valence-electron chi connectivity index (χ4n) is 2.91. The molecule has 0 unspecified atom stereocenters. The van der Waals surface area contributed by atoms with Crippen molar-refractivity contribution < 1.29 is 4.74 Å². The van der Waals surface area contributed by atoms with E-state index in [9.17, 15) is 0 Å². The molecule has 124 valence electrons. The van der Waals surface area contributed by atoms with Crippen LogP contribution in [0.5, 0.6) is 0 Å². The fraction of sp³-hybridized carbons (Fsp3) is 0.353. The van der Waals surface area contributed by atoms with Crippen LogP contribution < -0.4 is 4.90 Å². The van der Waals surface area contributed by atoms with Crippen LogP contribution in [0.3, 0.4) is 0 Å². The predicted molar refractivity (Wildman–Crippen MR) is 96.6 cm³/mol. The average molecular weight is 341 g/mol. The SMILES string of the molecule is CSc1cccc(-c2nc(N3CCOCC3)c3cnn(C)c3n2)c1. The van der Waals surface area contributed by atoms with Crippen molar-refractivity contribution in [2.75, 3.05) is 37.5 Å². The number of morpholine rings is 1. The van der Waals surface area contributed by atoms with Crippen LogP contribution in [0.1, 0.15) is 0 Å². The number of thioether (sulfide) groups is 1. The van der Waals surface area contributed by atoms with E-state index in [1.807, 2.05) is 24.0 Å². The molecule has 0 radical (unpaired) electrons. The van der Waals surface area contributed by atoms with Crippen molar-refractivity contribution in [2.45, 2.75) is 4.90 Å². The van der Waals surface area contributed by atoms with Crippen molar-refractivity contribution in [1.82, 2.24) is 19.7 Å². The van der Waals surface area contributed by atoms with Crippen molar-refractivity contribution in [1.29, 1.82) is 0 Å². The molecule has 1 saturated heterocycles. The van der Waals surface area contributed by atoms with E-state index in [1.54, 1.807) is 11.8 Å². The van der Waals surface area contributed by atoms with E-state index < -0.39 is 0 Å². The fourth-order valence-corrected chi connectivity index (χ4v) is 3.37. The Morgan fingerprint density at radius 2 is 2.00 bits per heavy atom. The average Bonchev–Trinajstić information content (AvgIpc) is 3.03. The van der Waals surface area contributed by atoms with Gasteiger partial charge in [0.05, 0.1) is 24.8 Å². The molecule has 1 aromatic carbocycles. The van der Waals surface area contributed by atoms with Crippen LogP contribution in [0.15, 0.2) is 35.4 Å². The molecule has 3 heterocycles. The maximum Gasteiger partial charge on any atom is 0.164 e. The highest BCUT2D eigenvalue weighted by Gasteiger charge is 2.20. The third-order valence-electron chi connectivity index (χ3n) is 4.21. The number of hydrogen-bond donors (Lipinski definition) is 0. The van der Waals surface area contributed by atoms with Crippen molar-refractivity contribution in [3.63, 3.8) is 0 Å². The van der Waals surface area contributed by atoms with Gasteiger partial charge in [-0.2, -0.15) is 5.10 Å². The third kappa shape index (κ3) is 2.74. The van der Waals surface area contributed by atoms with Crippen LogP contribution >= 0.6 is 11.8 Å². The molecule has 0 N–H and O–H groups in total. The summed E-state index contributed by atoms with van der Waals surface area (Å²) in [6.07, 6.45) is 3.92. The number of benzene rings is 1. The smallest absolute Gasteiger partial charge is 0.164 e. The second kappa shape index (κ2) is 6.41. The van der Waals surface area contributed by atoms with Gasteiger partial charge >= 0.3 is 0 Å². The second-order valence-electron chi connectivity index (χ2n) is 5.71. The van der Waals surface area contributed by atoms with Crippen LogP contribution in [0, 0.1) is 0 Å². The Bertz CT molecular complexity index is 873. The topological polar surface area (TPSA) is 56.1 Å². The summed E-state index contributed by atoms with van der Waals surface area (Å²) in [5.41, 5.74) is 1.88. The van der Waals surface area contributed by atoms with Crippen LogP contribution in [0.4, 0.5) is 5.82 Å². The zero-order valence-electron chi connectivity index (χ0n) is 13.8. The van der Waals surface area contributed by atoms with Gasteiger partial charge in [-0.05, 0) is 18.4 Å². The summed E-state index contributed by atoms with van der Waals surface area (Å²) >= 11 is 1.72. The van der Waals surface area contributed by atoms with E-state index in [0.717, 1.165) is 54.5 Å². The molecule has 0 bridgehead atoms. The van der Waals surface area contributed by atoms with E-state index in [4.69, 9.17) is 14.7 Å². The van der Waals surface area contributed by atoms with Gasteiger partial charge in [0.1, 0.15) is 5.82 Å². The summed E-state index contributed by atoms with van der Waals surface area (Å²) in [5, 5.41) is 5.36. The molecule has 0 spiro atoms. The summed E-state index contributed by atoms with van der Waals surface area (Å²) in [6, 6.07) is 8.33. The van der Waals surface area contributed by atoms with Crippen molar-refractivity contribution >= 4 is 28.6 Å². The maximum absolute atomic E-state index is 5.47. The zero-order chi connectivity index (χ0) is 16.5. The molecule has 0 amide bonds. The molecule has 1 aliphatic rings. The van der Waals surface area contributed by atoms with E-state index in [1.165, 1.54) is 4.90 Å². The molecule has 0 aliphatic carbocycles. The summed E-state index contributed by atoms with van der Waals surface area (Å²) in [4.78, 5) is 13.1. The van der Waals surface area contributed by atoms with Crippen LogP contribution in [-0.2, 0) is 11.8 Å². The molecular weight excluding hydrogens is 322 g/mol. The number of aromatic nitrogens is 4. The van der Waals surface area contributed by atoms with Gasteiger partial charge < -0.3 is 9.64 Å². The summed E-state index contributed by atoms with van der Waals surface area (Å²) in [6.45, 7) is 3.13. The van der Waals surface area contributed by atoms with Crippen molar-refractivity contribution in [3.8, 4) is 11.4 Å². The summed E-state index contributed by atoms with van der Waals surface area (Å²) < 4.78 is 7.28. The Kier molecular flexibility index (Phi) is 4.12. The molecule has 2 aromatic heterocycles. The van der Waals surface area contributed by atoms with Gasteiger partial charge in [0.15, 0.2) is 11.5 Å². The quantitative estimate of drug-likeness (QED) is 0.683. The lowest BCUT2D eigenvalue weighted by Gasteiger charge is -2.28. The normalized spacial score (nSPS) is 15.2. The summed E-state index contributed by atoms with van der Waals surface area (Å²) in [7, 11) is 1.92. The number of anilines is 1. The highest BCUT2D eigenvalue weighted by Crippen LogP contribution is 2.29.